The number of aliphatic imine (C=N–C) groups is 1. The van der Waals surface area contributed by atoms with E-state index < -0.39 is 11.5 Å². The molecule has 124 valence electrons. The lowest BCUT2D eigenvalue weighted by Gasteiger charge is -2.34. The number of hydrogen-bond donors (Lipinski definition) is 1. The van der Waals surface area contributed by atoms with Crippen LogP contribution in [0.3, 0.4) is 0 Å². The topological polar surface area (TPSA) is 60.3 Å². The molecule has 1 aromatic rings. The molecule has 0 saturated heterocycles. The van der Waals surface area contributed by atoms with Crippen LogP contribution >= 0.6 is 0 Å². The van der Waals surface area contributed by atoms with Crippen LogP contribution in [0.15, 0.2) is 65.2 Å². The molecule has 0 saturated carbocycles. The fourth-order valence-corrected chi connectivity index (χ4v) is 2.80. The summed E-state index contributed by atoms with van der Waals surface area (Å²) in [4.78, 5) is 4.54. The summed E-state index contributed by atoms with van der Waals surface area (Å²) in [6, 6.07) is 7.55. The molecule has 2 aliphatic rings. The number of nitrogens with zero attached hydrogens (tertiary/aromatic N) is 1. The van der Waals surface area contributed by atoms with Crippen molar-refractivity contribution in [2.45, 2.75) is 12.5 Å². The number of rotatable bonds is 4. The molecule has 2 unspecified atom stereocenters. The van der Waals surface area contributed by atoms with Gasteiger partial charge in [-0.2, -0.15) is 0 Å². The van der Waals surface area contributed by atoms with Crippen LogP contribution in [0, 0.1) is 5.92 Å². The zero-order valence-electron chi connectivity index (χ0n) is 13.8. The monoisotopic (exact) mass is 325 g/mol. The molecule has 0 amide bonds. The first-order valence-electron chi connectivity index (χ1n) is 7.57. The lowest BCUT2D eigenvalue weighted by Crippen LogP contribution is -2.42. The maximum atomic E-state index is 10.8. The molecular weight excluding hydrogens is 306 g/mol. The number of para-hydroxylation sites is 1. The van der Waals surface area contributed by atoms with E-state index in [1.54, 1.807) is 20.1 Å². The highest BCUT2D eigenvalue weighted by Gasteiger charge is 2.41. The van der Waals surface area contributed by atoms with E-state index in [-0.39, 0.29) is 0 Å². The maximum Gasteiger partial charge on any atom is 0.206 e. The summed E-state index contributed by atoms with van der Waals surface area (Å²) in [6.07, 6.45) is 6.82. The van der Waals surface area contributed by atoms with Crippen LogP contribution in [0.25, 0.3) is 5.70 Å². The normalized spacial score (nSPS) is 25.3. The fourth-order valence-electron chi connectivity index (χ4n) is 2.80. The Balaban J connectivity index is 1.98. The second-order valence-electron chi connectivity index (χ2n) is 5.62. The van der Waals surface area contributed by atoms with Gasteiger partial charge in [0.25, 0.3) is 0 Å². The molecule has 24 heavy (non-hydrogen) atoms. The zero-order valence-corrected chi connectivity index (χ0v) is 13.8. The van der Waals surface area contributed by atoms with Crippen molar-refractivity contribution in [2.24, 2.45) is 10.9 Å². The van der Waals surface area contributed by atoms with E-state index in [1.165, 1.54) is 13.4 Å². The van der Waals surface area contributed by atoms with Crippen LogP contribution in [0.2, 0.25) is 0 Å². The minimum absolute atomic E-state index is 0.374. The van der Waals surface area contributed by atoms with Gasteiger partial charge in [-0.3, -0.25) is 0 Å². The largest absolute Gasteiger partial charge is 0.498 e. The third-order valence-corrected chi connectivity index (χ3v) is 4.10. The minimum atomic E-state index is -1.25. The highest BCUT2D eigenvalue weighted by Crippen LogP contribution is 2.35. The number of aliphatic hydroxyl groups is 1. The van der Waals surface area contributed by atoms with E-state index in [2.05, 4.69) is 10.7 Å². The highest BCUT2D eigenvalue weighted by atomic mass is 16.5. The van der Waals surface area contributed by atoms with Crippen molar-refractivity contribution >= 4 is 11.6 Å². The molecule has 0 radical (unpaired) electrons. The van der Waals surface area contributed by atoms with E-state index in [9.17, 15) is 5.11 Å². The van der Waals surface area contributed by atoms with Crippen LogP contribution in [0.4, 0.5) is 0 Å². The number of hydrogen-bond acceptors (Lipinski definition) is 5. The van der Waals surface area contributed by atoms with Crippen molar-refractivity contribution in [1.29, 1.82) is 0 Å². The van der Waals surface area contributed by atoms with Crippen LogP contribution in [0.1, 0.15) is 12.5 Å². The average molecular weight is 325 g/mol. The number of methoxy groups -OCH3 is 2. The van der Waals surface area contributed by atoms with Crippen molar-refractivity contribution in [3.8, 4) is 5.75 Å². The Kier molecular flexibility index (Phi) is 4.30. The quantitative estimate of drug-likeness (QED) is 0.865. The van der Waals surface area contributed by atoms with E-state index >= 15 is 0 Å². The zero-order chi connectivity index (χ0) is 17.2. The first-order valence-corrected chi connectivity index (χ1v) is 7.57. The Morgan fingerprint density at radius 3 is 2.79 bits per heavy atom. The van der Waals surface area contributed by atoms with Crippen molar-refractivity contribution in [2.75, 3.05) is 14.2 Å². The summed E-state index contributed by atoms with van der Waals surface area (Å²) in [5.41, 5.74) is 3.13. The molecule has 1 aromatic carbocycles. The summed E-state index contributed by atoms with van der Waals surface area (Å²) < 4.78 is 16.2. The van der Waals surface area contributed by atoms with Gasteiger partial charge in [-0.05, 0) is 25.1 Å². The third-order valence-electron chi connectivity index (χ3n) is 4.10. The van der Waals surface area contributed by atoms with Crippen molar-refractivity contribution < 1.29 is 19.3 Å². The first kappa shape index (κ1) is 16.1. The van der Waals surface area contributed by atoms with Gasteiger partial charge in [-0.15, -0.1) is 0 Å². The van der Waals surface area contributed by atoms with Gasteiger partial charge >= 0.3 is 0 Å². The Labute approximate surface area is 140 Å². The fraction of sp³-hybridized carbons (Fsp3) is 0.263. The molecule has 1 N–H and O–H groups in total. The van der Waals surface area contributed by atoms with Gasteiger partial charge in [0.1, 0.15) is 29.1 Å². The average Bonchev–Trinajstić information content (AvgIpc) is 2.61. The van der Waals surface area contributed by atoms with Gasteiger partial charge < -0.3 is 19.3 Å². The lowest BCUT2D eigenvalue weighted by molar-refractivity contribution is 0.0169. The minimum Gasteiger partial charge on any atom is -0.498 e. The van der Waals surface area contributed by atoms with E-state index in [0.717, 1.165) is 5.56 Å². The molecular formula is C19H19NO4. The number of ether oxygens (including phenoxy) is 3. The van der Waals surface area contributed by atoms with Crippen LogP contribution < -0.4 is 4.74 Å². The van der Waals surface area contributed by atoms with E-state index in [1.807, 2.05) is 36.4 Å². The third kappa shape index (κ3) is 2.75. The van der Waals surface area contributed by atoms with Crippen LogP contribution in [-0.4, -0.2) is 30.8 Å². The van der Waals surface area contributed by atoms with E-state index in [4.69, 9.17) is 14.2 Å². The molecule has 1 heterocycles. The molecule has 1 aliphatic carbocycles. The summed E-state index contributed by atoms with van der Waals surface area (Å²) in [5, 5.41) is 10.8. The predicted molar refractivity (Wildman–Crippen MR) is 91.3 cm³/mol. The molecule has 0 spiro atoms. The van der Waals surface area contributed by atoms with Gasteiger partial charge in [-0.25, -0.2) is 4.99 Å². The summed E-state index contributed by atoms with van der Waals surface area (Å²) in [7, 11) is 3.14. The van der Waals surface area contributed by atoms with Crippen molar-refractivity contribution in [1.82, 2.24) is 0 Å². The van der Waals surface area contributed by atoms with Gasteiger partial charge in [0.05, 0.1) is 25.7 Å². The molecule has 2 atom stereocenters. The Morgan fingerprint density at radius 2 is 2.04 bits per heavy atom. The standard InChI is InChI=1S/C19H19NO4/c1-19(21)14(8-6-10-17(19)23-3)18-20-15(11-12-24-18)13-7-4-5-9-16(13)22-2/h4-10,12,14,21H,1-3H3. The van der Waals surface area contributed by atoms with Crippen molar-refractivity contribution in [3.05, 3.63) is 65.8 Å². The van der Waals surface area contributed by atoms with Gasteiger partial charge in [0.15, 0.2) is 0 Å². The summed E-state index contributed by atoms with van der Waals surface area (Å²) in [5.74, 6) is 1.06. The first-order chi connectivity index (χ1) is 11.6. The van der Waals surface area contributed by atoms with Gasteiger partial charge in [0, 0.05) is 0 Å². The molecule has 0 fully saturated rings. The molecule has 3 rings (SSSR count). The SMILES string of the molecule is COC1=CC=CC(C2=NC(c3ccccc3OC)=C=CO2)C1(C)O. The second-order valence-corrected chi connectivity index (χ2v) is 5.62. The highest BCUT2D eigenvalue weighted by molar-refractivity contribution is 5.90. The molecule has 5 nitrogen and oxygen atoms in total. The predicted octanol–water partition coefficient (Wildman–Crippen LogP) is 3.04. The summed E-state index contributed by atoms with van der Waals surface area (Å²) in [6.45, 7) is 1.67. The number of benzene rings is 1. The lowest BCUT2D eigenvalue weighted by atomic mass is 9.83. The van der Waals surface area contributed by atoms with Crippen LogP contribution in [-0.2, 0) is 9.47 Å². The smallest absolute Gasteiger partial charge is 0.206 e. The maximum absolute atomic E-state index is 10.8. The molecule has 5 heteroatoms. The Morgan fingerprint density at radius 1 is 1.25 bits per heavy atom. The number of allylic oxidation sites excluding steroid dienone is 2. The van der Waals surface area contributed by atoms with E-state index in [0.29, 0.717) is 23.1 Å². The van der Waals surface area contributed by atoms with Crippen molar-refractivity contribution in [3.63, 3.8) is 0 Å². The Bertz CT molecular complexity index is 795. The van der Waals surface area contributed by atoms with Gasteiger partial charge in [0.2, 0.25) is 5.90 Å². The van der Waals surface area contributed by atoms with Gasteiger partial charge in [-0.1, -0.05) is 30.0 Å². The second kappa shape index (κ2) is 6.40. The molecule has 0 bridgehead atoms. The molecule has 0 aromatic heterocycles. The molecule has 1 aliphatic heterocycles. The van der Waals surface area contributed by atoms with Crippen LogP contribution in [0.5, 0.6) is 5.75 Å². The Hall–Kier alpha value is -2.75. The summed E-state index contributed by atoms with van der Waals surface area (Å²) >= 11 is 0.